The van der Waals surface area contributed by atoms with E-state index in [0.29, 0.717) is 23.7 Å². The number of hydrogen-bond donors (Lipinski definition) is 1. The van der Waals surface area contributed by atoms with Crippen LogP contribution in [-0.4, -0.2) is 50.0 Å². The van der Waals surface area contributed by atoms with Gasteiger partial charge in [0.1, 0.15) is 6.04 Å². The van der Waals surface area contributed by atoms with Gasteiger partial charge in [-0.1, -0.05) is 54.3 Å². The van der Waals surface area contributed by atoms with Crippen molar-refractivity contribution in [3.63, 3.8) is 0 Å². The summed E-state index contributed by atoms with van der Waals surface area (Å²) in [5.74, 6) is -0.338. The van der Waals surface area contributed by atoms with Crippen molar-refractivity contribution in [2.24, 2.45) is 0 Å². The van der Waals surface area contributed by atoms with Crippen LogP contribution in [0.3, 0.4) is 0 Å². The van der Waals surface area contributed by atoms with Crippen LogP contribution in [-0.2, 0) is 26.2 Å². The zero-order chi connectivity index (χ0) is 26.3. The first-order valence-electron chi connectivity index (χ1n) is 12.4. The predicted molar refractivity (Wildman–Crippen MR) is 144 cm³/mol. The highest BCUT2D eigenvalue weighted by molar-refractivity contribution is 7.92. The summed E-state index contributed by atoms with van der Waals surface area (Å²) in [4.78, 5) is 28.0. The average Bonchev–Trinajstić information content (AvgIpc) is 3.34. The van der Waals surface area contributed by atoms with Crippen LogP contribution in [0.15, 0.2) is 48.5 Å². The zero-order valence-electron chi connectivity index (χ0n) is 21.2. The SMILES string of the molecule is Cc1ccc(CN(C(=O)CCCN(c2ccc(Cl)cc2)S(C)(=O)=O)C(C)C(=O)NC2CCCC2)cc1. The molecule has 0 radical (unpaired) electrons. The Kier molecular flexibility index (Phi) is 9.79. The molecule has 1 fully saturated rings. The van der Waals surface area contributed by atoms with Gasteiger partial charge < -0.3 is 10.2 Å². The Morgan fingerprint density at radius 2 is 1.67 bits per heavy atom. The summed E-state index contributed by atoms with van der Waals surface area (Å²) in [6.07, 6.45) is 5.73. The van der Waals surface area contributed by atoms with Crippen LogP contribution in [0.5, 0.6) is 0 Å². The highest BCUT2D eigenvalue weighted by atomic mass is 35.5. The van der Waals surface area contributed by atoms with Gasteiger partial charge in [-0.25, -0.2) is 8.42 Å². The standard InChI is InChI=1S/C27H36ClN3O4S/c1-20-10-12-22(13-11-20)19-30(21(2)27(33)29-24-7-4-5-8-24)26(32)9-6-18-31(36(3,34)35)25-16-14-23(28)15-17-25/h10-17,21,24H,4-9,18-19H2,1-3H3,(H,29,33). The van der Waals surface area contributed by atoms with E-state index in [4.69, 9.17) is 11.6 Å². The van der Waals surface area contributed by atoms with Gasteiger partial charge in [0, 0.05) is 30.6 Å². The summed E-state index contributed by atoms with van der Waals surface area (Å²) < 4.78 is 26.1. The molecule has 196 valence electrons. The van der Waals surface area contributed by atoms with E-state index in [1.807, 2.05) is 31.2 Å². The van der Waals surface area contributed by atoms with Crippen LogP contribution in [0.4, 0.5) is 5.69 Å². The van der Waals surface area contributed by atoms with Crippen LogP contribution < -0.4 is 9.62 Å². The highest BCUT2D eigenvalue weighted by Crippen LogP contribution is 2.22. The number of nitrogens with one attached hydrogen (secondary N) is 1. The first kappa shape index (κ1) is 28.0. The van der Waals surface area contributed by atoms with Crippen molar-refractivity contribution >= 4 is 39.1 Å². The van der Waals surface area contributed by atoms with E-state index in [-0.39, 0.29) is 30.8 Å². The van der Waals surface area contributed by atoms with Crippen LogP contribution in [0, 0.1) is 6.92 Å². The number of halogens is 1. The molecule has 0 bridgehead atoms. The predicted octanol–water partition coefficient (Wildman–Crippen LogP) is 4.67. The van der Waals surface area contributed by atoms with Gasteiger partial charge in [0.15, 0.2) is 0 Å². The van der Waals surface area contributed by atoms with Crippen molar-refractivity contribution in [1.82, 2.24) is 10.2 Å². The molecular weight excluding hydrogens is 498 g/mol. The fraction of sp³-hybridized carbons (Fsp3) is 0.481. The summed E-state index contributed by atoms with van der Waals surface area (Å²) in [5, 5.41) is 3.61. The smallest absolute Gasteiger partial charge is 0.242 e. The summed E-state index contributed by atoms with van der Waals surface area (Å²) in [6, 6.07) is 14.0. The number of carbonyl (C=O) groups is 2. The average molecular weight is 534 g/mol. The first-order chi connectivity index (χ1) is 17.0. The molecule has 0 spiro atoms. The Hall–Kier alpha value is -2.58. The number of aryl methyl sites for hydroxylation is 1. The molecule has 2 aromatic rings. The number of rotatable bonds is 11. The van der Waals surface area contributed by atoms with Crippen molar-refractivity contribution in [2.75, 3.05) is 17.1 Å². The summed E-state index contributed by atoms with van der Waals surface area (Å²) in [5.41, 5.74) is 2.55. The van der Waals surface area contributed by atoms with Gasteiger partial charge in [0.2, 0.25) is 21.8 Å². The van der Waals surface area contributed by atoms with Gasteiger partial charge >= 0.3 is 0 Å². The molecule has 0 aliphatic heterocycles. The van der Waals surface area contributed by atoms with Crippen molar-refractivity contribution in [2.45, 2.75) is 71.0 Å². The summed E-state index contributed by atoms with van der Waals surface area (Å²) in [7, 11) is -3.54. The Bertz CT molecular complexity index is 1130. The zero-order valence-corrected chi connectivity index (χ0v) is 22.8. The summed E-state index contributed by atoms with van der Waals surface area (Å²) >= 11 is 5.94. The Morgan fingerprint density at radius 3 is 2.25 bits per heavy atom. The van der Waals surface area contributed by atoms with Crippen LogP contribution >= 0.6 is 11.6 Å². The van der Waals surface area contributed by atoms with E-state index in [9.17, 15) is 18.0 Å². The molecule has 1 aliphatic rings. The molecule has 1 unspecified atom stereocenters. The van der Waals surface area contributed by atoms with Crippen molar-refractivity contribution in [1.29, 1.82) is 0 Å². The molecular formula is C27H36ClN3O4S. The number of amides is 2. The maximum atomic E-state index is 13.4. The van der Waals surface area contributed by atoms with Gasteiger partial charge in [0.25, 0.3) is 0 Å². The molecule has 1 aliphatic carbocycles. The molecule has 2 amide bonds. The fourth-order valence-corrected chi connectivity index (χ4v) is 5.57. The van der Waals surface area contributed by atoms with E-state index in [1.165, 1.54) is 4.31 Å². The van der Waals surface area contributed by atoms with E-state index in [2.05, 4.69) is 5.32 Å². The van der Waals surface area contributed by atoms with Gasteiger partial charge in [0.05, 0.1) is 11.9 Å². The molecule has 0 aromatic heterocycles. The minimum atomic E-state index is -3.54. The lowest BCUT2D eigenvalue weighted by Crippen LogP contribution is -2.49. The van der Waals surface area contributed by atoms with Gasteiger partial charge in [-0.15, -0.1) is 0 Å². The lowest BCUT2D eigenvalue weighted by molar-refractivity contribution is -0.141. The van der Waals surface area contributed by atoms with Gasteiger partial charge in [-0.2, -0.15) is 0 Å². The third kappa shape index (κ3) is 7.96. The van der Waals surface area contributed by atoms with E-state index < -0.39 is 16.1 Å². The van der Waals surface area contributed by atoms with E-state index in [1.54, 1.807) is 36.1 Å². The molecule has 0 saturated heterocycles. The van der Waals surface area contributed by atoms with E-state index >= 15 is 0 Å². The monoisotopic (exact) mass is 533 g/mol. The van der Waals surface area contributed by atoms with Crippen molar-refractivity contribution < 1.29 is 18.0 Å². The second kappa shape index (κ2) is 12.6. The number of anilines is 1. The normalized spacial score (nSPS) is 14.9. The molecule has 1 atom stereocenters. The second-order valence-electron chi connectivity index (χ2n) is 9.59. The number of carbonyl (C=O) groups excluding carboxylic acids is 2. The summed E-state index contributed by atoms with van der Waals surface area (Å²) in [6.45, 7) is 4.21. The quantitative estimate of drug-likeness (QED) is 0.454. The van der Waals surface area contributed by atoms with E-state index in [0.717, 1.165) is 43.1 Å². The molecule has 3 rings (SSSR count). The first-order valence-corrected chi connectivity index (χ1v) is 14.7. The third-order valence-corrected chi connectivity index (χ3v) is 8.06. The minimum absolute atomic E-state index is 0.118. The molecule has 1 saturated carbocycles. The third-order valence-electron chi connectivity index (χ3n) is 6.61. The molecule has 1 N–H and O–H groups in total. The molecule has 7 nitrogen and oxygen atoms in total. The maximum absolute atomic E-state index is 13.4. The lowest BCUT2D eigenvalue weighted by atomic mass is 10.1. The fourth-order valence-electron chi connectivity index (χ4n) is 4.48. The van der Waals surface area contributed by atoms with Crippen molar-refractivity contribution in [3.05, 3.63) is 64.7 Å². The maximum Gasteiger partial charge on any atom is 0.242 e. The topological polar surface area (TPSA) is 86.8 Å². The molecule has 9 heteroatoms. The Morgan fingerprint density at radius 1 is 1.06 bits per heavy atom. The van der Waals surface area contributed by atoms with Crippen molar-refractivity contribution in [3.8, 4) is 0 Å². The van der Waals surface area contributed by atoms with Gasteiger partial charge in [-0.05, 0) is 62.9 Å². The van der Waals surface area contributed by atoms with Gasteiger partial charge in [-0.3, -0.25) is 13.9 Å². The minimum Gasteiger partial charge on any atom is -0.352 e. The van der Waals surface area contributed by atoms with Crippen LogP contribution in [0.2, 0.25) is 5.02 Å². The Balaban J connectivity index is 1.70. The molecule has 2 aromatic carbocycles. The molecule has 36 heavy (non-hydrogen) atoms. The molecule has 0 heterocycles. The number of hydrogen-bond acceptors (Lipinski definition) is 4. The van der Waals surface area contributed by atoms with Crippen LogP contribution in [0.25, 0.3) is 0 Å². The number of sulfonamides is 1. The number of nitrogens with zero attached hydrogens (tertiary/aromatic N) is 2. The second-order valence-corrected chi connectivity index (χ2v) is 11.9. The van der Waals surface area contributed by atoms with Crippen LogP contribution in [0.1, 0.15) is 56.6 Å². The largest absolute Gasteiger partial charge is 0.352 e. The lowest BCUT2D eigenvalue weighted by Gasteiger charge is -2.30. The number of benzene rings is 2. The Labute approximate surface area is 219 Å². The highest BCUT2D eigenvalue weighted by Gasteiger charge is 2.28.